The normalized spacial score (nSPS) is 24.8. The van der Waals surface area contributed by atoms with Crippen LogP contribution in [0.3, 0.4) is 0 Å². The molecule has 3 N–H and O–H groups in total. The summed E-state index contributed by atoms with van der Waals surface area (Å²) in [5.74, 6) is 2.64. The molecule has 92 valence electrons. The minimum Gasteiger partial charge on any atom is -0.399 e. The van der Waals surface area contributed by atoms with Gasteiger partial charge in [0, 0.05) is 17.8 Å². The Labute approximate surface area is 107 Å². The van der Waals surface area contributed by atoms with Gasteiger partial charge in [-0.1, -0.05) is 6.07 Å². The van der Waals surface area contributed by atoms with E-state index in [2.05, 4.69) is 29.2 Å². The topological polar surface area (TPSA) is 38.0 Å². The van der Waals surface area contributed by atoms with Gasteiger partial charge in [-0.05, 0) is 60.4 Å². The molecule has 3 rings (SSSR count). The molecule has 1 aromatic carbocycles. The third-order valence-corrected chi connectivity index (χ3v) is 4.95. The molecule has 0 radical (unpaired) electrons. The molecule has 17 heavy (non-hydrogen) atoms. The highest BCUT2D eigenvalue weighted by Crippen LogP contribution is 2.33. The molecular formula is C14H20N2S. The molecule has 1 aliphatic carbocycles. The average Bonchev–Trinajstić information content (AvgIpc) is 2.73. The second-order valence-corrected chi connectivity index (χ2v) is 6.33. The van der Waals surface area contributed by atoms with Crippen molar-refractivity contribution in [2.45, 2.75) is 37.8 Å². The number of fused-ring (bicyclic) bond motifs is 1. The standard InChI is InChI=1S/C14H20N2S/c15-11-2-3-13-10(9-11)1-4-14(13)16-12-5-7-17-8-6-12/h2-3,9,12,14,16H,1,4-8,15H2. The number of hydrogen-bond acceptors (Lipinski definition) is 3. The largest absolute Gasteiger partial charge is 0.399 e. The molecule has 1 fully saturated rings. The van der Waals surface area contributed by atoms with Crippen LogP contribution in [0.25, 0.3) is 0 Å². The highest BCUT2D eigenvalue weighted by Gasteiger charge is 2.25. The van der Waals surface area contributed by atoms with E-state index in [4.69, 9.17) is 5.73 Å². The molecule has 0 amide bonds. The van der Waals surface area contributed by atoms with Crippen molar-refractivity contribution in [3.05, 3.63) is 29.3 Å². The molecule has 1 unspecified atom stereocenters. The Morgan fingerprint density at radius 2 is 2.00 bits per heavy atom. The number of rotatable bonds is 2. The summed E-state index contributed by atoms with van der Waals surface area (Å²) in [6, 6.07) is 7.69. The predicted octanol–water partition coefficient (Wildman–Crippen LogP) is 2.74. The van der Waals surface area contributed by atoms with E-state index < -0.39 is 0 Å². The zero-order valence-corrected chi connectivity index (χ0v) is 10.9. The lowest BCUT2D eigenvalue weighted by atomic mass is 10.0. The van der Waals surface area contributed by atoms with E-state index in [1.165, 1.54) is 48.3 Å². The highest BCUT2D eigenvalue weighted by atomic mass is 32.2. The summed E-state index contributed by atoms with van der Waals surface area (Å²) >= 11 is 2.09. The molecule has 0 aromatic heterocycles. The number of anilines is 1. The first-order chi connectivity index (χ1) is 8.33. The smallest absolute Gasteiger partial charge is 0.0328 e. The van der Waals surface area contributed by atoms with Gasteiger partial charge in [0.15, 0.2) is 0 Å². The van der Waals surface area contributed by atoms with Crippen LogP contribution in [0, 0.1) is 0 Å². The molecule has 1 heterocycles. The van der Waals surface area contributed by atoms with Crippen molar-refractivity contribution >= 4 is 17.4 Å². The Morgan fingerprint density at radius 3 is 2.82 bits per heavy atom. The summed E-state index contributed by atoms with van der Waals surface area (Å²) in [5, 5.41) is 3.84. The van der Waals surface area contributed by atoms with Crippen molar-refractivity contribution < 1.29 is 0 Å². The van der Waals surface area contributed by atoms with Crippen molar-refractivity contribution in [1.29, 1.82) is 0 Å². The van der Waals surface area contributed by atoms with Gasteiger partial charge in [0.05, 0.1) is 0 Å². The maximum atomic E-state index is 5.84. The first-order valence-electron chi connectivity index (χ1n) is 6.55. The Kier molecular flexibility index (Phi) is 3.30. The number of hydrogen-bond donors (Lipinski definition) is 2. The summed E-state index contributed by atoms with van der Waals surface area (Å²) in [4.78, 5) is 0. The fraction of sp³-hybridized carbons (Fsp3) is 0.571. The average molecular weight is 248 g/mol. The highest BCUT2D eigenvalue weighted by molar-refractivity contribution is 7.99. The van der Waals surface area contributed by atoms with E-state index in [0.717, 1.165) is 11.7 Å². The van der Waals surface area contributed by atoms with Crippen LogP contribution in [0.4, 0.5) is 5.69 Å². The Morgan fingerprint density at radius 1 is 1.18 bits per heavy atom. The quantitative estimate of drug-likeness (QED) is 0.790. The van der Waals surface area contributed by atoms with Gasteiger partial charge in [0.25, 0.3) is 0 Å². The second-order valence-electron chi connectivity index (χ2n) is 5.10. The molecular weight excluding hydrogens is 228 g/mol. The van der Waals surface area contributed by atoms with Gasteiger partial charge < -0.3 is 11.1 Å². The molecule has 1 aromatic rings. The molecule has 1 atom stereocenters. The first kappa shape index (κ1) is 11.4. The van der Waals surface area contributed by atoms with Crippen molar-refractivity contribution in [2.24, 2.45) is 0 Å². The Hall–Kier alpha value is -0.670. The Balaban J connectivity index is 1.70. The second kappa shape index (κ2) is 4.91. The summed E-state index contributed by atoms with van der Waals surface area (Å²) in [7, 11) is 0. The first-order valence-corrected chi connectivity index (χ1v) is 7.70. The van der Waals surface area contributed by atoms with E-state index in [9.17, 15) is 0 Å². The summed E-state index contributed by atoms with van der Waals surface area (Å²) < 4.78 is 0. The van der Waals surface area contributed by atoms with Crippen LogP contribution < -0.4 is 11.1 Å². The third kappa shape index (κ3) is 2.45. The van der Waals surface area contributed by atoms with Gasteiger partial charge in [0.2, 0.25) is 0 Å². The number of nitrogens with one attached hydrogen (secondary N) is 1. The van der Waals surface area contributed by atoms with Gasteiger partial charge in [0.1, 0.15) is 0 Å². The monoisotopic (exact) mass is 248 g/mol. The fourth-order valence-electron chi connectivity index (χ4n) is 2.96. The molecule has 2 aliphatic rings. The molecule has 0 spiro atoms. The molecule has 2 nitrogen and oxygen atoms in total. The van der Waals surface area contributed by atoms with Gasteiger partial charge in [-0.15, -0.1) is 0 Å². The van der Waals surface area contributed by atoms with E-state index in [-0.39, 0.29) is 0 Å². The van der Waals surface area contributed by atoms with Crippen LogP contribution in [0.5, 0.6) is 0 Å². The molecule has 0 saturated carbocycles. The SMILES string of the molecule is Nc1ccc2c(c1)CCC2NC1CCSCC1. The molecule has 3 heteroatoms. The van der Waals surface area contributed by atoms with Crippen molar-refractivity contribution in [1.82, 2.24) is 5.32 Å². The fourth-order valence-corrected chi connectivity index (χ4v) is 4.07. The number of nitrogens with two attached hydrogens (primary N) is 1. The van der Waals surface area contributed by atoms with Crippen LogP contribution in [0.2, 0.25) is 0 Å². The lowest BCUT2D eigenvalue weighted by Gasteiger charge is -2.26. The van der Waals surface area contributed by atoms with Crippen LogP contribution in [0.15, 0.2) is 18.2 Å². The number of benzene rings is 1. The third-order valence-electron chi connectivity index (χ3n) is 3.90. The van der Waals surface area contributed by atoms with E-state index in [1.807, 2.05) is 6.07 Å². The lowest BCUT2D eigenvalue weighted by molar-refractivity contribution is 0.412. The molecule has 1 saturated heterocycles. The maximum Gasteiger partial charge on any atom is 0.0328 e. The van der Waals surface area contributed by atoms with E-state index in [0.29, 0.717) is 6.04 Å². The summed E-state index contributed by atoms with van der Waals surface area (Å²) in [5.41, 5.74) is 9.67. The Bertz CT molecular complexity index is 399. The molecule has 0 bridgehead atoms. The minimum absolute atomic E-state index is 0.568. The number of nitrogen functional groups attached to an aromatic ring is 1. The van der Waals surface area contributed by atoms with E-state index >= 15 is 0 Å². The predicted molar refractivity (Wildman–Crippen MR) is 75.4 cm³/mol. The van der Waals surface area contributed by atoms with E-state index in [1.54, 1.807) is 0 Å². The van der Waals surface area contributed by atoms with Gasteiger partial charge in [-0.25, -0.2) is 0 Å². The number of thioether (sulfide) groups is 1. The molecule has 1 aliphatic heterocycles. The van der Waals surface area contributed by atoms with Gasteiger partial charge in [-0.2, -0.15) is 11.8 Å². The zero-order chi connectivity index (χ0) is 11.7. The van der Waals surface area contributed by atoms with Crippen molar-refractivity contribution in [2.75, 3.05) is 17.2 Å². The summed E-state index contributed by atoms with van der Waals surface area (Å²) in [6.07, 6.45) is 5.07. The summed E-state index contributed by atoms with van der Waals surface area (Å²) in [6.45, 7) is 0. The van der Waals surface area contributed by atoms with Crippen LogP contribution in [-0.4, -0.2) is 17.5 Å². The maximum absolute atomic E-state index is 5.84. The van der Waals surface area contributed by atoms with Gasteiger partial charge in [-0.3, -0.25) is 0 Å². The van der Waals surface area contributed by atoms with Crippen molar-refractivity contribution in [3.63, 3.8) is 0 Å². The number of aryl methyl sites for hydroxylation is 1. The van der Waals surface area contributed by atoms with Crippen LogP contribution in [-0.2, 0) is 6.42 Å². The minimum atomic E-state index is 0.568. The zero-order valence-electron chi connectivity index (χ0n) is 10.1. The lowest BCUT2D eigenvalue weighted by Crippen LogP contribution is -2.34. The van der Waals surface area contributed by atoms with Crippen LogP contribution >= 0.6 is 11.8 Å². The van der Waals surface area contributed by atoms with Crippen LogP contribution in [0.1, 0.15) is 36.4 Å². The van der Waals surface area contributed by atoms with Gasteiger partial charge >= 0.3 is 0 Å². The van der Waals surface area contributed by atoms with Crippen molar-refractivity contribution in [3.8, 4) is 0 Å².